The maximum absolute atomic E-state index is 12.5. The molecule has 1 amide bonds. The second-order valence-corrected chi connectivity index (χ2v) is 10.7. The van der Waals surface area contributed by atoms with Crippen LogP contribution in [0.25, 0.3) is 10.9 Å². The fourth-order valence-corrected chi connectivity index (χ4v) is 5.01. The van der Waals surface area contributed by atoms with Crippen LogP contribution in [0.5, 0.6) is 0 Å². The highest BCUT2D eigenvalue weighted by atomic mass is 32.2. The molecule has 1 heterocycles. The Morgan fingerprint density at radius 1 is 1.10 bits per heavy atom. The third-order valence-electron chi connectivity index (χ3n) is 5.10. The van der Waals surface area contributed by atoms with Gasteiger partial charge in [0.25, 0.3) is 0 Å². The van der Waals surface area contributed by atoms with E-state index in [9.17, 15) is 13.2 Å². The monoisotopic (exact) mass is 457 g/mol. The van der Waals surface area contributed by atoms with E-state index in [1.54, 1.807) is 18.2 Å². The van der Waals surface area contributed by atoms with Crippen molar-refractivity contribution in [1.82, 2.24) is 9.29 Å². The van der Waals surface area contributed by atoms with Crippen molar-refractivity contribution in [2.45, 2.75) is 37.1 Å². The lowest BCUT2D eigenvalue weighted by molar-refractivity contribution is -0.113. The third-order valence-corrected chi connectivity index (χ3v) is 7.82. The van der Waals surface area contributed by atoms with Gasteiger partial charge in [-0.05, 0) is 61.2 Å². The zero-order valence-corrected chi connectivity index (χ0v) is 20.0. The van der Waals surface area contributed by atoms with Crippen LogP contribution in [0.1, 0.15) is 23.6 Å². The molecule has 0 unspecified atom stereocenters. The Labute approximate surface area is 188 Å². The lowest BCUT2D eigenvalue weighted by Gasteiger charge is -2.14. The number of hydrogen-bond donors (Lipinski definition) is 1. The SMILES string of the molecule is CCc1cccc(C)c1NC(=O)CSc1cc(C)c2cc(S(=O)(=O)N(C)C)ccc2n1. The minimum absolute atomic E-state index is 0.0824. The van der Waals surface area contributed by atoms with E-state index in [0.717, 1.165) is 39.2 Å². The molecule has 0 radical (unpaired) electrons. The van der Waals surface area contributed by atoms with Crippen molar-refractivity contribution >= 4 is 44.3 Å². The fourth-order valence-electron chi connectivity index (χ4n) is 3.30. The van der Waals surface area contributed by atoms with Gasteiger partial charge < -0.3 is 5.32 Å². The molecule has 1 aromatic heterocycles. The summed E-state index contributed by atoms with van der Waals surface area (Å²) in [6.45, 7) is 5.97. The predicted molar refractivity (Wildman–Crippen MR) is 127 cm³/mol. The van der Waals surface area contributed by atoms with Crippen LogP contribution in [0.15, 0.2) is 52.4 Å². The molecule has 3 aromatic rings. The zero-order chi connectivity index (χ0) is 22.8. The molecule has 3 rings (SSSR count). The highest BCUT2D eigenvalue weighted by Crippen LogP contribution is 2.27. The van der Waals surface area contributed by atoms with Gasteiger partial charge in [-0.15, -0.1) is 0 Å². The van der Waals surface area contributed by atoms with Gasteiger partial charge in [0.15, 0.2) is 0 Å². The van der Waals surface area contributed by atoms with Gasteiger partial charge in [0.05, 0.1) is 21.2 Å². The number of rotatable bonds is 7. The first-order valence-electron chi connectivity index (χ1n) is 9.98. The van der Waals surface area contributed by atoms with Crippen molar-refractivity contribution in [2.75, 3.05) is 25.2 Å². The number of sulfonamides is 1. The normalized spacial score (nSPS) is 11.8. The summed E-state index contributed by atoms with van der Waals surface area (Å²) in [7, 11) is -0.489. The molecule has 0 saturated carbocycles. The number of aromatic nitrogens is 1. The molecule has 0 saturated heterocycles. The second-order valence-electron chi connectivity index (χ2n) is 7.54. The first kappa shape index (κ1) is 23.2. The molecule has 31 heavy (non-hydrogen) atoms. The Morgan fingerprint density at radius 3 is 2.52 bits per heavy atom. The highest BCUT2D eigenvalue weighted by Gasteiger charge is 2.18. The highest BCUT2D eigenvalue weighted by molar-refractivity contribution is 7.99. The summed E-state index contributed by atoms with van der Waals surface area (Å²) in [4.78, 5) is 17.4. The number of fused-ring (bicyclic) bond motifs is 1. The third kappa shape index (κ3) is 5.08. The number of thioether (sulfide) groups is 1. The van der Waals surface area contributed by atoms with E-state index in [1.807, 2.05) is 38.1 Å². The molecule has 164 valence electrons. The molecule has 0 bridgehead atoms. The summed E-state index contributed by atoms with van der Waals surface area (Å²) in [6.07, 6.45) is 0.849. The van der Waals surface area contributed by atoms with Gasteiger partial charge in [-0.2, -0.15) is 0 Å². The van der Waals surface area contributed by atoms with Crippen LogP contribution in [0.4, 0.5) is 5.69 Å². The van der Waals surface area contributed by atoms with E-state index >= 15 is 0 Å². The number of pyridine rings is 1. The minimum Gasteiger partial charge on any atom is -0.325 e. The van der Waals surface area contributed by atoms with E-state index in [2.05, 4.69) is 17.2 Å². The number of amides is 1. The molecular formula is C23H27N3O3S2. The number of nitrogens with one attached hydrogen (secondary N) is 1. The number of aryl methyl sites for hydroxylation is 3. The van der Waals surface area contributed by atoms with E-state index in [1.165, 1.54) is 30.2 Å². The smallest absolute Gasteiger partial charge is 0.242 e. The Hall–Kier alpha value is -2.42. The van der Waals surface area contributed by atoms with Gasteiger partial charge in [-0.25, -0.2) is 17.7 Å². The summed E-state index contributed by atoms with van der Waals surface area (Å²) < 4.78 is 26.0. The number of hydrogen-bond acceptors (Lipinski definition) is 5. The number of nitrogens with zero attached hydrogens (tertiary/aromatic N) is 2. The number of carbonyl (C=O) groups excluding carboxylic acids is 1. The average molecular weight is 458 g/mol. The van der Waals surface area contributed by atoms with Gasteiger partial charge >= 0.3 is 0 Å². The van der Waals surface area contributed by atoms with Crippen molar-refractivity contribution in [2.24, 2.45) is 0 Å². The van der Waals surface area contributed by atoms with E-state index in [0.29, 0.717) is 5.52 Å². The average Bonchev–Trinajstić information content (AvgIpc) is 2.73. The van der Waals surface area contributed by atoms with Gasteiger partial charge in [0.1, 0.15) is 0 Å². The van der Waals surface area contributed by atoms with Crippen molar-refractivity contribution in [3.8, 4) is 0 Å². The topological polar surface area (TPSA) is 79.4 Å². The lowest BCUT2D eigenvalue weighted by atomic mass is 10.1. The second kappa shape index (κ2) is 9.38. The standard InChI is InChI=1S/C23H27N3O3S2/c1-6-17-9-7-8-15(2)23(17)25-21(27)14-30-22-12-16(3)19-13-18(10-11-20(19)24-22)31(28,29)26(4)5/h7-13H,6,14H2,1-5H3,(H,25,27). The molecule has 0 aliphatic carbocycles. The van der Waals surface area contributed by atoms with Gasteiger partial charge in [-0.3, -0.25) is 4.79 Å². The molecule has 0 atom stereocenters. The molecule has 0 aliphatic rings. The zero-order valence-electron chi connectivity index (χ0n) is 18.4. The van der Waals surface area contributed by atoms with Crippen LogP contribution < -0.4 is 5.32 Å². The molecule has 6 nitrogen and oxygen atoms in total. The number of para-hydroxylation sites is 1. The predicted octanol–water partition coefficient (Wildman–Crippen LogP) is 4.40. The first-order chi connectivity index (χ1) is 14.6. The molecule has 1 N–H and O–H groups in total. The van der Waals surface area contributed by atoms with E-state index in [4.69, 9.17) is 0 Å². The fraction of sp³-hybridized carbons (Fsp3) is 0.304. The quantitative estimate of drug-likeness (QED) is 0.532. The Balaban J connectivity index is 1.78. The number of carbonyl (C=O) groups is 1. The minimum atomic E-state index is -3.51. The van der Waals surface area contributed by atoms with Gasteiger partial charge in [0.2, 0.25) is 15.9 Å². The van der Waals surface area contributed by atoms with Crippen molar-refractivity contribution in [3.63, 3.8) is 0 Å². The van der Waals surface area contributed by atoms with E-state index in [-0.39, 0.29) is 16.6 Å². The number of anilines is 1. The summed E-state index contributed by atoms with van der Waals surface area (Å²) in [5.41, 5.74) is 4.65. The lowest BCUT2D eigenvalue weighted by Crippen LogP contribution is -2.22. The van der Waals surface area contributed by atoms with Gasteiger partial charge in [0, 0.05) is 25.2 Å². The Bertz CT molecular complexity index is 1240. The molecule has 0 spiro atoms. The summed E-state index contributed by atoms with van der Waals surface area (Å²) in [6, 6.07) is 12.8. The molecule has 8 heteroatoms. The van der Waals surface area contributed by atoms with Crippen LogP contribution in [-0.4, -0.2) is 43.5 Å². The Morgan fingerprint density at radius 2 is 1.84 bits per heavy atom. The molecular weight excluding hydrogens is 430 g/mol. The van der Waals surface area contributed by atoms with Crippen molar-refractivity contribution < 1.29 is 13.2 Å². The van der Waals surface area contributed by atoms with Crippen LogP contribution in [0, 0.1) is 13.8 Å². The molecule has 0 aliphatic heterocycles. The van der Waals surface area contributed by atoms with Crippen molar-refractivity contribution in [3.05, 3.63) is 59.2 Å². The van der Waals surface area contributed by atoms with Crippen LogP contribution in [0.2, 0.25) is 0 Å². The summed E-state index contributed by atoms with van der Waals surface area (Å²) >= 11 is 1.36. The van der Waals surface area contributed by atoms with Crippen molar-refractivity contribution in [1.29, 1.82) is 0 Å². The van der Waals surface area contributed by atoms with Gasteiger partial charge in [-0.1, -0.05) is 36.9 Å². The Kier molecular flexibility index (Phi) is 7.03. The molecule has 0 fully saturated rings. The first-order valence-corrected chi connectivity index (χ1v) is 12.4. The molecule has 2 aromatic carbocycles. The number of benzene rings is 2. The van der Waals surface area contributed by atoms with Crippen LogP contribution >= 0.6 is 11.8 Å². The largest absolute Gasteiger partial charge is 0.325 e. The maximum atomic E-state index is 12.5. The maximum Gasteiger partial charge on any atom is 0.242 e. The summed E-state index contributed by atoms with van der Waals surface area (Å²) in [5, 5.41) is 4.54. The van der Waals surface area contributed by atoms with Crippen LogP contribution in [-0.2, 0) is 21.2 Å². The summed E-state index contributed by atoms with van der Waals surface area (Å²) in [5.74, 6) is 0.156. The van der Waals surface area contributed by atoms with Crippen LogP contribution in [0.3, 0.4) is 0 Å². The van der Waals surface area contributed by atoms with E-state index < -0.39 is 10.0 Å².